The van der Waals surface area contributed by atoms with Crippen molar-refractivity contribution in [1.29, 1.82) is 0 Å². The third-order valence-electron chi connectivity index (χ3n) is 0.995. The zero-order chi connectivity index (χ0) is 5.40. The predicted molar refractivity (Wildman–Crippen MR) is 41.2 cm³/mol. The molecule has 1 nitrogen and oxygen atoms in total. The van der Waals surface area contributed by atoms with Gasteiger partial charge in [0.1, 0.15) is 3.91 Å². The number of hydrogen-bond acceptors (Lipinski definition) is 4. The molecular weight excluding hydrogens is 160 g/mol. The highest BCUT2D eigenvalue weighted by Gasteiger charge is 2.29. The molecule has 0 bridgehead atoms. The van der Waals surface area contributed by atoms with Crippen molar-refractivity contribution in [2.45, 2.75) is 10.0 Å². The Hall–Kier alpha value is 1.01. The van der Waals surface area contributed by atoms with E-state index in [4.69, 9.17) is 4.74 Å². The third-order valence-corrected chi connectivity index (χ3v) is 5.46. The molecule has 0 aromatic rings. The summed E-state index contributed by atoms with van der Waals surface area (Å²) < 4.78 is 5.89. The summed E-state index contributed by atoms with van der Waals surface area (Å²) in [6, 6.07) is 0. The van der Waals surface area contributed by atoms with Crippen molar-refractivity contribution in [3.63, 3.8) is 0 Å². The summed E-state index contributed by atoms with van der Waals surface area (Å²) in [6.45, 7) is 1.01. The molecule has 2 aliphatic rings. The second-order valence-electron chi connectivity index (χ2n) is 1.77. The van der Waals surface area contributed by atoms with Crippen LogP contribution in [0.3, 0.4) is 0 Å². The smallest absolute Gasteiger partial charge is 0.116 e. The standard InChI is InChI=1S/C4H6OS3/c1-3(5-1)2-6-4-7-8-4/h3-4H,1-2H2. The van der Waals surface area contributed by atoms with Crippen molar-refractivity contribution in [2.24, 2.45) is 0 Å². The molecule has 1 atom stereocenters. The van der Waals surface area contributed by atoms with Crippen molar-refractivity contribution in [1.82, 2.24) is 0 Å². The molecule has 0 aromatic carbocycles. The zero-order valence-corrected chi connectivity index (χ0v) is 6.65. The fraction of sp³-hybridized carbons (Fsp3) is 1.00. The van der Waals surface area contributed by atoms with Gasteiger partial charge in [-0.25, -0.2) is 0 Å². The van der Waals surface area contributed by atoms with E-state index in [-0.39, 0.29) is 0 Å². The number of hydrogen-bond donors (Lipinski definition) is 0. The Morgan fingerprint density at radius 2 is 2.38 bits per heavy atom. The van der Waals surface area contributed by atoms with Gasteiger partial charge in [0, 0.05) is 5.75 Å². The molecule has 0 spiro atoms. The van der Waals surface area contributed by atoms with Crippen LogP contribution in [0.25, 0.3) is 0 Å². The van der Waals surface area contributed by atoms with Crippen molar-refractivity contribution in [2.75, 3.05) is 12.4 Å². The van der Waals surface area contributed by atoms with Gasteiger partial charge < -0.3 is 4.74 Å². The Kier molecular flexibility index (Phi) is 1.68. The predicted octanol–water partition coefficient (Wildman–Crippen LogP) is 1.80. The SMILES string of the molecule is C1OC1CSC1SS1. The monoisotopic (exact) mass is 166 g/mol. The van der Waals surface area contributed by atoms with Crippen LogP contribution in [0.4, 0.5) is 0 Å². The van der Waals surface area contributed by atoms with Gasteiger partial charge in [-0.3, -0.25) is 0 Å². The first-order valence-electron chi connectivity index (χ1n) is 2.50. The Morgan fingerprint density at radius 1 is 1.62 bits per heavy atom. The molecule has 4 heteroatoms. The van der Waals surface area contributed by atoms with Gasteiger partial charge >= 0.3 is 0 Å². The summed E-state index contributed by atoms with van der Waals surface area (Å²) in [5.74, 6) is 1.21. The summed E-state index contributed by atoms with van der Waals surface area (Å²) >= 11 is 2.01. The van der Waals surface area contributed by atoms with E-state index in [1.54, 1.807) is 0 Å². The van der Waals surface area contributed by atoms with E-state index in [0.717, 1.165) is 10.5 Å². The van der Waals surface area contributed by atoms with E-state index >= 15 is 0 Å². The lowest BCUT2D eigenvalue weighted by Crippen LogP contribution is -1.88. The van der Waals surface area contributed by atoms with Crippen LogP contribution in [0.15, 0.2) is 0 Å². The van der Waals surface area contributed by atoms with Crippen LogP contribution in [0, 0.1) is 0 Å². The lowest BCUT2D eigenvalue weighted by atomic mass is 10.6. The second-order valence-corrected chi connectivity index (χ2v) is 6.29. The first-order chi connectivity index (χ1) is 3.95. The largest absolute Gasteiger partial charge is 0.372 e. The van der Waals surface area contributed by atoms with Crippen LogP contribution in [0.2, 0.25) is 0 Å². The van der Waals surface area contributed by atoms with Gasteiger partial charge in [0.25, 0.3) is 0 Å². The average molecular weight is 166 g/mol. The molecule has 2 rings (SSSR count). The fourth-order valence-electron chi connectivity index (χ4n) is 0.428. The van der Waals surface area contributed by atoms with Gasteiger partial charge in [-0.1, -0.05) is 21.6 Å². The number of epoxide rings is 1. The van der Waals surface area contributed by atoms with E-state index in [2.05, 4.69) is 0 Å². The first kappa shape index (κ1) is 5.77. The summed E-state index contributed by atoms with van der Waals surface area (Å²) in [6.07, 6.45) is 0.613. The van der Waals surface area contributed by atoms with Crippen molar-refractivity contribution in [3.05, 3.63) is 0 Å². The minimum absolute atomic E-state index is 0.613. The molecule has 0 radical (unpaired) electrons. The molecule has 2 heterocycles. The minimum Gasteiger partial charge on any atom is -0.372 e. The lowest BCUT2D eigenvalue weighted by molar-refractivity contribution is 0.426. The quantitative estimate of drug-likeness (QED) is 0.468. The molecular formula is C4H6OS3. The maximum Gasteiger partial charge on any atom is 0.116 e. The minimum atomic E-state index is 0.613. The van der Waals surface area contributed by atoms with Crippen molar-refractivity contribution >= 4 is 33.3 Å². The molecule has 0 saturated carbocycles. The van der Waals surface area contributed by atoms with Crippen LogP contribution in [-0.2, 0) is 4.74 Å². The number of thioether (sulfide) groups is 1. The van der Waals surface area contributed by atoms with Gasteiger partial charge in [0.2, 0.25) is 0 Å². The fourth-order valence-corrected chi connectivity index (χ4v) is 3.50. The normalized spacial score (nSPS) is 35.2. The van der Waals surface area contributed by atoms with Crippen LogP contribution in [-0.4, -0.2) is 22.4 Å². The Balaban J connectivity index is 1.56. The van der Waals surface area contributed by atoms with E-state index in [9.17, 15) is 0 Å². The third kappa shape index (κ3) is 1.76. The lowest BCUT2D eigenvalue weighted by Gasteiger charge is -1.87. The molecule has 2 saturated heterocycles. The maximum atomic E-state index is 5.05. The number of rotatable bonds is 3. The molecule has 0 N–H and O–H groups in total. The highest BCUT2D eigenvalue weighted by atomic mass is 33.2. The van der Waals surface area contributed by atoms with Crippen LogP contribution >= 0.6 is 33.3 Å². The summed E-state index contributed by atoms with van der Waals surface area (Å²) in [7, 11) is 3.92. The first-order valence-corrected chi connectivity index (χ1v) is 5.83. The van der Waals surface area contributed by atoms with E-state index < -0.39 is 0 Å². The molecule has 0 amide bonds. The summed E-state index contributed by atoms with van der Waals surface area (Å²) in [5, 5.41) is 0. The molecule has 2 fully saturated rings. The Morgan fingerprint density at radius 3 is 2.88 bits per heavy atom. The second kappa shape index (κ2) is 2.33. The van der Waals surface area contributed by atoms with Crippen LogP contribution in [0.5, 0.6) is 0 Å². The van der Waals surface area contributed by atoms with Crippen molar-refractivity contribution in [3.8, 4) is 0 Å². The zero-order valence-electron chi connectivity index (χ0n) is 4.20. The van der Waals surface area contributed by atoms with E-state index in [1.807, 2.05) is 33.3 Å². The summed E-state index contributed by atoms with van der Waals surface area (Å²) in [5.41, 5.74) is 0. The van der Waals surface area contributed by atoms with Gasteiger partial charge in [0.15, 0.2) is 0 Å². The van der Waals surface area contributed by atoms with Crippen molar-refractivity contribution < 1.29 is 4.74 Å². The van der Waals surface area contributed by atoms with Crippen LogP contribution < -0.4 is 0 Å². The average Bonchev–Trinajstić information content (AvgIpc) is 2.60. The van der Waals surface area contributed by atoms with Gasteiger partial charge in [-0.15, -0.1) is 11.8 Å². The van der Waals surface area contributed by atoms with E-state index in [1.165, 1.54) is 5.75 Å². The molecule has 0 aromatic heterocycles. The highest BCUT2D eigenvalue weighted by molar-refractivity contribution is 8.96. The molecule has 46 valence electrons. The topological polar surface area (TPSA) is 12.5 Å². The molecule has 2 aliphatic heterocycles. The summed E-state index contributed by atoms with van der Waals surface area (Å²) in [4.78, 5) is 0. The molecule has 0 aliphatic carbocycles. The van der Waals surface area contributed by atoms with Gasteiger partial charge in [0.05, 0.1) is 12.7 Å². The van der Waals surface area contributed by atoms with Gasteiger partial charge in [-0.2, -0.15) is 0 Å². The molecule has 8 heavy (non-hydrogen) atoms. The van der Waals surface area contributed by atoms with Crippen LogP contribution in [0.1, 0.15) is 0 Å². The highest BCUT2D eigenvalue weighted by Crippen LogP contribution is 2.59. The molecule has 1 unspecified atom stereocenters. The van der Waals surface area contributed by atoms with Gasteiger partial charge in [-0.05, 0) is 0 Å². The van der Waals surface area contributed by atoms with E-state index in [0.29, 0.717) is 6.10 Å². The number of ether oxygens (including phenoxy) is 1. The Labute approximate surface area is 60.7 Å². The Bertz CT molecular complexity index is 77.3. The maximum absolute atomic E-state index is 5.05.